The Morgan fingerprint density at radius 1 is 1.30 bits per heavy atom. The molecule has 0 saturated heterocycles. The standard InChI is InChI=1S/C19H23N5O2.ClH/c1-12(2)24-18-14(11-21-24)10-17(13(3)22-18)19(25)23-15-4-6-16(7-5-15)26-9-8-20;/h4-7,10-12H,8-9,20H2,1-3H3,(H,23,25);1H. The summed E-state index contributed by atoms with van der Waals surface area (Å²) >= 11 is 0. The highest BCUT2D eigenvalue weighted by Gasteiger charge is 2.15. The van der Waals surface area contributed by atoms with Crippen molar-refractivity contribution < 1.29 is 9.53 Å². The van der Waals surface area contributed by atoms with Crippen LogP contribution in [0.1, 0.15) is 35.9 Å². The summed E-state index contributed by atoms with van der Waals surface area (Å²) in [5, 5.41) is 8.09. The number of carbonyl (C=O) groups is 1. The summed E-state index contributed by atoms with van der Waals surface area (Å²) in [6.45, 7) is 6.84. The van der Waals surface area contributed by atoms with E-state index in [-0.39, 0.29) is 24.4 Å². The molecule has 0 bridgehead atoms. The molecule has 0 aliphatic rings. The number of pyridine rings is 1. The molecule has 3 aromatic rings. The number of hydrogen-bond acceptors (Lipinski definition) is 5. The van der Waals surface area contributed by atoms with Gasteiger partial charge in [-0.3, -0.25) is 4.79 Å². The maximum absolute atomic E-state index is 12.7. The van der Waals surface area contributed by atoms with Crippen molar-refractivity contribution in [1.82, 2.24) is 14.8 Å². The normalized spacial score (nSPS) is 10.7. The van der Waals surface area contributed by atoms with Gasteiger partial charge < -0.3 is 15.8 Å². The Kier molecular flexibility index (Phi) is 6.76. The van der Waals surface area contributed by atoms with Gasteiger partial charge in [0.05, 0.1) is 17.5 Å². The first-order chi connectivity index (χ1) is 12.5. The van der Waals surface area contributed by atoms with Crippen LogP contribution < -0.4 is 15.8 Å². The summed E-state index contributed by atoms with van der Waals surface area (Å²) in [5.74, 6) is 0.513. The minimum atomic E-state index is -0.204. The zero-order chi connectivity index (χ0) is 18.7. The molecule has 1 amide bonds. The molecule has 0 aliphatic carbocycles. The molecule has 2 aromatic heterocycles. The molecule has 0 unspecified atom stereocenters. The summed E-state index contributed by atoms with van der Waals surface area (Å²) in [5.41, 5.74) is 8.09. The predicted octanol–water partition coefficient (Wildman–Crippen LogP) is 3.33. The number of aryl methyl sites for hydroxylation is 1. The van der Waals surface area contributed by atoms with Crippen molar-refractivity contribution >= 4 is 35.0 Å². The molecule has 8 heteroatoms. The average molecular weight is 390 g/mol. The third-order valence-corrected chi connectivity index (χ3v) is 3.99. The Morgan fingerprint density at radius 2 is 2.00 bits per heavy atom. The second-order valence-electron chi connectivity index (χ2n) is 6.33. The van der Waals surface area contributed by atoms with Crippen LogP contribution in [0.5, 0.6) is 5.75 Å². The summed E-state index contributed by atoms with van der Waals surface area (Å²) in [6.07, 6.45) is 1.74. The SMILES string of the molecule is Cc1nc2c(cnn2C(C)C)cc1C(=O)Nc1ccc(OCCN)cc1.Cl. The first kappa shape index (κ1) is 20.7. The maximum Gasteiger partial charge on any atom is 0.257 e. The van der Waals surface area contributed by atoms with Crippen LogP contribution in [-0.4, -0.2) is 33.8 Å². The lowest BCUT2D eigenvalue weighted by Crippen LogP contribution is -2.15. The van der Waals surface area contributed by atoms with E-state index >= 15 is 0 Å². The lowest BCUT2D eigenvalue weighted by molar-refractivity contribution is 0.102. The number of nitrogens with zero attached hydrogens (tertiary/aromatic N) is 3. The number of benzene rings is 1. The number of nitrogens with two attached hydrogens (primary N) is 1. The van der Waals surface area contributed by atoms with Gasteiger partial charge in [-0.2, -0.15) is 5.10 Å². The van der Waals surface area contributed by atoms with E-state index in [1.54, 1.807) is 30.5 Å². The Hall–Kier alpha value is -2.64. The first-order valence-electron chi connectivity index (χ1n) is 8.58. The van der Waals surface area contributed by atoms with Crippen LogP contribution in [0.2, 0.25) is 0 Å². The van der Waals surface area contributed by atoms with Gasteiger partial charge in [0.1, 0.15) is 12.4 Å². The lowest BCUT2D eigenvalue weighted by Gasteiger charge is -2.10. The van der Waals surface area contributed by atoms with E-state index in [4.69, 9.17) is 10.5 Å². The van der Waals surface area contributed by atoms with E-state index in [2.05, 4.69) is 15.4 Å². The molecule has 144 valence electrons. The molecular formula is C19H24ClN5O2. The van der Waals surface area contributed by atoms with Crippen molar-refractivity contribution in [3.05, 3.63) is 47.8 Å². The van der Waals surface area contributed by atoms with Gasteiger partial charge in [-0.15, -0.1) is 12.4 Å². The number of amides is 1. The summed E-state index contributed by atoms with van der Waals surface area (Å²) < 4.78 is 7.28. The number of halogens is 1. The second-order valence-corrected chi connectivity index (χ2v) is 6.33. The molecule has 2 heterocycles. The smallest absolute Gasteiger partial charge is 0.257 e. The van der Waals surface area contributed by atoms with Crippen LogP contribution in [-0.2, 0) is 0 Å². The quantitative estimate of drug-likeness (QED) is 0.674. The minimum Gasteiger partial charge on any atom is -0.492 e. The fraction of sp³-hybridized carbons (Fsp3) is 0.316. The van der Waals surface area contributed by atoms with Crippen molar-refractivity contribution in [2.45, 2.75) is 26.8 Å². The van der Waals surface area contributed by atoms with Crippen LogP contribution in [0.4, 0.5) is 5.69 Å². The van der Waals surface area contributed by atoms with Crippen molar-refractivity contribution in [3.63, 3.8) is 0 Å². The van der Waals surface area contributed by atoms with Gasteiger partial charge in [0.2, 0.25) is 0 Å². The summed E-state index contributed by atoms with van der Waals surface area (Å²) in [6, 6.07) is 9.22. The summed E-state index contributed by atoms with van der Waals surface area (Å²) in [4.78, 5) is 17.2. The van der Waals surface area contributed by atoms with Crippen LogP contribution in [0.3, 0.4) is 0 Å². The van der Waals surface area contributed by atoms with Crippen molar-refractivity contribution in [1.29, 1.82) is 0 Å². The van der Waals surface area contributed by atoms with Crippen molar-refractivity contribution in [2.75, 3.05) is 18.5 Å². The molecule has 0 aliphatic heterocycles. The number of nitrogens with one attached hydrogen (secondary N) is 1. The van der Waals surface area contributed by atoms with E-state index in [0.717, 1.165) is 11.0 Å². The van der Waals surface area contributed by atoms with Crippen molar-refractivity contribution in [2.24, 2.45) is 5.73 Å². The minimum absolute atomic E-state index is 0. The molecule has 0 atom stereocenters. The van der Waals surface area contributed by atoms with Gasteiger partial charge in [-0.1, -0.05) is 0 Å². The first-order valence-corrected chi connectivity index (χ1v) is 8.58. The van der Waals surface area contributed by atoms with E-state index in [1.165, 1.54) is 0 Å². The van der Waals surface area contributed by atoms with E-state index in [1.807, 2.05) is 31.5 Å². The van der Waals surface area contributed by atoms with Crippen LogP contribution in [0.25, 0.3) is 11.0 Å². The second kappa shape index (κ2) is 8.83. The maximum atomic E-state index is 12.7. The Labute approximate surface area is 164 Å². The molecule has 0 radical (unpaired) electrons. The van der Waals surface area contributed by atoms with Crippen LogP contribution in [0.15, 0.2) is 36.5 Å². The number of carbonyl (C=O) groups excluding carboxylic acids is 1. The number of hydrogen-bond donors (Lipinski definition) is 2. The van der Waals surface area contributed by atoms with E-state index in [9.17, 15) is 4.79 Å². The van der Waals surface area contributed by atoms with E-state index in [0.29, 0.717) is 35.8 Å². The fourth-order valence-electron chi connectivity index (χ4n) is 2.68. The largest absolute Gasteiger partial charge is 0.492 e. The molecule has 3 rings (SSSR count). The Balaban J connectivity index is 0.00000261. The molecular weight excluding hydrogens is 366 g/mol. The van der Waals surface area contributed by atoms with Gasteiger partial charge in [0.15, 0.2) is 5.65 Å². The van der Waals surface area contributed by atoms with Gasteiger partial charge in [-0.05, 0) is 51.1 Å². The predicted molar refractivity (Wildman–Crippen MR) is 109 cm³/mol. The van der Waals surface area contributed by atoms with Gasteiger partial charge >= 0.3 is 0 Å². The van der Waals surface area contributed by atoms with Crippen molar-refractivity contribution in [3.8, 4) is 5.75 Å². The number of ether oxygens (including phenoxy) is 1. The average Bonchev–Trinajstić information content (AvgIpc) is 3.03. The lowest BCUT2D eigenvalue weighted by atomic mass is 10.1. The third kappa shape index (κ3) is 4.56. The summed E-state index contributed by atoms with van der Waals surface area (Å²) in [7, 11) is 0. The topological polar surface area (TPSA) is 95.1 Å². The number of fused-ring (bicyclic) bond motifs is 1. The van der Waals surface area contributed by atoms with Crippen LogP contribution >= 0.6 is 12.4 Å². The zero-order valence-electron chi connectivity index (χ0n) is 15.6. The number of aromatic nitrogens is 3. The monoisotopic (exact) mass is 389 g/mol. The Bertz CT molecular complexity index is 922. The number of anilines is 1. The molecule has 0 fully saturated rings. The molecule has 27 heavy (non-hydrogen) atoms. The molecule has 3 N–H and O–H groups in total. The Morgan fingerprint density at radius 3 is 2.63 bits per heavy atom. The van der Waals surface area contributed by atoms with Gasteiger partial charge in [0, 0.05) is 23.7 Å². The highest BCUT2D eigenvalue weighted by atomic mass is 35.5. The highest BCUT2D eigenvalue weighted by Crippen LogP contribution is 2.21. The zero-order valence-corrected chi connectivity index (χ0v) is 16.4. The van der Waals surface area contributed by atoms with E-state index < -0.39 is 0 Å². The molecule has 0 spiro atoms. The highest BCUT2D eigenvalue weighted by molar-refractivity contribution is 6.06. The third-order valence-electron chi connectivity index (χ3n) is 3.99. The van der Waals surface area contributed by atoms with Crippen LogP contribution in [0, 0.1) is 6.92 Å². The fourth-order valence-corrected chi connectivity index (χ4v) is 2.68. The number of rotatable bonds is 6. The molecule has 7 nitrogen and oxygen atoms in total. The van der Waals surface area contributed by atoms with Gasteiger partial charge in [-0.25, -0.2) is 9.67 Å². The van der Waals surface area contributed by atoms with Gasteiger partial charge in [0.25, 0.3) is 5.91 Å². The molecule has 1 aromatic carbocycles. The molecule has 0 saturated carbocycles.